The minimum atomic E-state index is -1.52. The van der Waals surface area contributed by atoms with E-state index in [2.05, 4.69) is 10.6 Å². The van der Waals surface area contributed by atoms with E-state index in [1.165, 1.54) is 0 Å². The molecule has 1 aliphatic heterocycles. The molecule has 3 atom stereocenters. The number of aliphatic carboxylic acids is 3. The standard InChI is InChI=1S/C15H22N4O9/c16-7(4-11(21)22)13(25)17-6-10(20)18-8(5-12(23)24)14(26)19-3-1-2-9(19)15(27)28/h7-9H,1-6,16H2,(H,17,25)(H,18,20)(H,21,22)(H,23,24)(H,27,28). The van der Waals surface area contributed by atoms with Crippen LogP contribution in [0.3, 0.4) is 0 Å². The van der Waals surface area contributed by atoms with E-state index in [4.69, 9.17) is 21.1 Å². The molecule has 13 nitrogen and oxygen atoms in total. The van der Waals surface area contributed by atoms with Gasteiger partial charge in [0.1, 0.15) is 12.1 Å². The van der Waals surface area contributed by atoms with E-state index in [-0.39, 0.29) is 13.0 Å². The molecule has 1 fully saturated rings. The predicted molar refractivity (Wildman–Crippen MR) is 89.8 cm³/mol. The van der Waals surface area contributed by atoms with Gasteiger partial charge in [0.2, 0.25) is 17.7 Å². The number of rotatable bonds is 10. The van der Waals surface area contributed by atoms with Crippen LogP contribution in [0.2, 0.25) is 0 Å². The van der Waals surface area contributed by atoms with Crippen molar-refractivity contribution in [2.45, 2.75) is 43.8 Å². The maximum Gasteiger partial charge on any atom is 0.326 e. The first-order valence-corrected chi connectivity index (χ1v) is 8.32. The molecule has 3 amide bonds. The van der Waals surface area contributed by atoms with Crippen molar-refractivity contribution in [1.29, 1.82) is 0 Å². The SMILES string of the molecule is NC(CC(=O)O)C(=O)NCC(=O)NC(CC(=O)O)C(=O)N1CCCC1C(=O)O. The second kappa shape index (κ2) is 10.2. The van der Waals surface area contributed by atoms with E-state index in [1.807, 2.05) is 0 Å². The van der Waals surface area contributed by atoms with Crippen molar-refractivity contribution in [3.8, 4) is 0 Å². The molecule has 0 aromatic rings. The molecule has 3 unspecified atom stereocenters. The van der Waals surface area contributed by atoms with Gasteiger partial charge in [-0.15, -0.1) is 0 Å². The zero-order valence-electron chi connectivity index (χ0n) is 14.8. The third kappa shape index (κ3) is 6.83. The molecule has 0 saturated carbocycles. The highest BCUT2D eigenvalue weighted by atomic mass is 16.4. The summed E-state index contributed by atoms with van der Waals surface area (Å²) in [5.74, 6) is -6.61. The normalized spacial score (nSPS) is 18.0. The van der Waals surface area contributed by atoms with Crippen molar-refractivity contribution >= 4 is 35.6 Å². The van der Waals surface area contributed by atoms with Crippen molar-refractivity contribution in [2.75, 3.05) is 13.1 Å². The number of hydrogen-bond donors (Lipinski definition) is 6. The summed E-state index contributed by atoms with van der Waals surface area (Å²) in [4.78, 5) is 69.8. The van der Waals surface area contributed by atoms with Crippen molar-refractivity contribution in [2.24, 2.45) is 5.73 Å². The maximum absolute atomic E-state index is 12.5. The fraction of sp³-hybridized carbons (Fsp3) is 0.600. The van der Waals surface area contributed by atoms with Crippen LogP contribution in [0.15, 0.2) is 0 Å². The Balaban J connectivity index is 2.70. The molecular formula is C15H22N4O9. The molecule has 1 heterocycles. The second-order valence-corrected chi connectivity index (χ2v) is 6.17. The number of amides is 3. The van der Waals surface area contributed by atoms with Gasteiger partial charge in [0.05, 0.1) is 25.4 Å². The van der Waals surface area contributed by atoms with E-state index in [9.17, 15) is 28.8 Å². The third-order valence-corrected chi connectivity index (χ3v) is 3.99. The monoisotopic (exact) mass is 402 g/mol. The molecule has 0 spiro atoms. The van der Waals surface area contributed by atoms with Crippen LogP contribution < -0.4 is 16.4 Å². The summed E-state index contributed by atoms with van der Waals surface area (Å²) in [5, 5.41) is 30.9. The quantitative estimate of drug-likeness (QED) is 0.217. The fourth-order valence-electron chi connectivity index (χ4n) is 2.69. The summed E-state index contributed by atoms with van der Waals surface area (Å²) >= 11 is 0. The molecule has 1 saturated heterocycles. The Bertz CT molecular complexity index is 666. The molecule has 28 heavy (non-hydrogen) atoms. The first kappa shape index (κ1) is 22.8. The Labute approximate surface area is 158 Å². The summed E-state index contributed by atoms with van der Waals surface area (Å²) in [6, 6.07) is -4.01. The molecule has 0 aromatic heterocycles. The van der Waals surface area contributed by atoms with Crippen LogP contribution in [0.1, 0.15) is 25.7 Å². The molecule has 1 rings (SSSR count). The zero-order valence-corrected chi connectivity index (χ0v) is 14.8. The van der Waals surface area contributed by atoms with Gasteiger partial charge in [-0.1, -0.05) is 0 Å². The summed E-state index contributed by atoms with van der Waals surface area (Å²) in [5.41, 5.74) is 5.33. The van der Waals surface area contributed by atoms with E-state index in [1.54, 1.807) is 0 Å². The summed E-state index contributed by atoms with van der Waals surface area (Å²) in [7, 11) is 0. The Morgan fingerprint density at radius 1 is 1.04 bits per heavy atom. The maximum atomic E-state index is 12.5. The zero-order chi connectivity index (χ0) is 21.4. The molecule has 7 N–H and O–H groups in total. The number of nitrogens with zero attached hydrogens (tertiary/aromatic N) is 1. The number of carbonyl (C=O) groups is 6. The van der Waals surface area contributed by atoms with Gasteiger partial charge in [0.25, 0.3) is 0 Å². The smallest absolute Gasteiger partial charge is 0.326 e. The van der Waals surface area contributed by atoms with Gasteiger partial charge in [0, 0.05) is 6.54 Å². The van der Waals surface area contributed by atoms with E-state index < -0.39 is 73.1 Å². The lowest BCUT2D eigenvalue weighted by atomic mass is 10.1. The van der Waals surface area contributed by atoms with Crippen LogP contribution in [-0.2, 0) is 28.8 Å². The number of carboxylic acid groups (broad SMARTS) is 3. The van der Waals surface area contributed by atoms with Crippen molar-refractivity contribution in [3.63, 3.8) is 0 Å². The van der Waals surface area contributed by atoms with Crippen LogP contribution in [0, 0.1) is 0 Å². The molecule has 0 bridgehead atoms. The van der Waals surface area contributed by atoms with Gasteiger partial charge < -0.3 is 36.6 Å². The molecule has 0 aliphatic carbocycles. The number of hydrogen-bond acceptors (Lipinski definition) is 7. The largest absolute Gasteiger partial charge is 0.481 e. The molecule has 1 aliphatic rings. The highest BCUT2D eigenvalue weighted by Crippen LogP contribution is 2.19. The lowest BCUT2D eigenvalue weighted by molar-refractivity contribution is -0.150. The Hall–Kier alpha value is -3.22. The predicted octanol–water partition coefficient (Wildman–Crippen LogP) is -3.06. The van der Waals surface area contributed by atoms with Crippen molar-refractivity contribution in [3.05, 3.63) is 0 Å². The first-order valence-electron chi connectivity index (χ1n) is 8.32. The number of likely N-dealkylation sites (tertiary alicyclic amines) is 1. The van der Waals surface area contributed by atoms with Gasteiger partial charge in [-0.2, -0.15) is 0 Å². The second-order valence-electron chi connectivity index (χ2n) is 6.17. The average Bonchev–Trinajstić information content (AvgIpc) is 3.07. The highest BCUT2D eigenvalue weighted by Gasteiger charge is 2.38. The van der Waals surface area contributed by atoms with Crippen LogP contribution in [0.4, 0.5) is 0 Å². The van der Waals surface area contributed by atoms with Gasteiger partial charge >= 0.3 is 17.9 Å². The van der Waals surface area contributed by atoms with Crippen molar-refractivity contribution in [1.82, 2.24) is 15.5 Å². The summed E-state index contributed by atoms with van der Waals surface area (Å²) in [6.45, 7) is -0.555. The Kier molecular flexibility index (Phi) is 8.31. The van der Waals surface area contributed by atoms with Gasteiger partial charge in [0.15, 0.2) is 0 Å². The molecular weight excluding hydrogens is 380 g/mol. The van der Waals surface area contributed by atoms with Crippen LogP contribution in [0.25, 0.3) is 0 Å². The minimum Gasteiger partial charge on any atom is -0.481 e. The van der Waals surface area contributed by atoms with Crippen LogP contribution in [-0.4, -0.2) is 87.1 Å². The Morgan fingerprint density at radius 3 is 2.18 bits per heavy atom. The topological polar surface area (TPSA) is 216 Å². The molecule has 0 radical (unpaired) electrons. The fourth-order valence-corrected chi connectivity index (χ4v) is 2.69. The minimum absolute atomic E-state index is 0.114. The van der Waals surface area contributed by atoms with Crippen molar-refractivity contribution < 1.29 is 44.1 Å². The number of nitrogens with one attached hydrogen (secondary N) is 2. The highest BCUT2D eigenvalue weighted by molar-refractivity contribution is 5.95. The van der Waals surface area contributed by atoms with Crippen LogP contribution in [0.5, 0.6) is 0 Å². The van der Waals surface area contributed by atoms with E-state index in [0.29, 0.717) is 6.42 Å². The van der Waals surface area contributed by atoms with E-state index in [0.717, 1.165) is 4.90 Å². The van der Waals surface area contributed by atoms with Gasteiger partial charge in [-0.25, -0.2) is 4.79 Å². The third-order valence-electron chi connectivity index (χ3n) is 3.99. The van der Waals surface area contributed by atoms with E-state index >= 15 is 0 Å². The first-order chi connectivity index (χ1) is 13.0. The number of carbonyl (C=O) groups excluding carboxylic acids is 3. The molecule has 13 heteroatoms. The lowest BCUT2D eigenvalue weighted by Gasteiger charge is -2.26. The average molecular weight is 402 g/mol. The van der Waals surface area contributed by atoms with Gasteiger partial charge in [-0.05, 0) is 12.8 Å². The Morgan fingerprint density at radius 2 is 1.64 bits per heavy atom. The lowest BCUT2D eigenvalue weighted by Crippen LogP contribution is -2.54. The van der Waals surface area contributed by atoms with Gasteiger partial charge in [-0.3, -0.25) is 24.0 Å². The summed E-state index contributed by atoms with van der Waals surface area (Å²) in [6.07, 6.45) is -0.792. The molecule has 0 aromatic carbocycles. The number of carboxylic acids is 3. The molecule has 156 valence electrons. The van der Waals surface area contributed by atoms with Crippen LogP contribution >= 0.6 is 0 Å². The number of nitrogens with two attached hydrogens (primary N) is 1. The summed E-state index contributed by atoms with van der Waals surface area (Å²) < 4.78 is 0.